The van der Waals surface area contributed by atoms with E-state index in [1.54, 1.807) is 52.3 Å². The van der Waals surface area contributed by atoms with E-state index in [0.717, 1.165) is 5.56 Å². The van der Waals surface area contributed by atoms with Crippen molar-refractivity contribution in [2.24, 2.45) is 0 Å². The second kappa shape index (κ2) is 15.3. The zero-order valence-electron chi connectivity index (χ0n) is 14.8. The summed E-state index contributed by atoms with van der Waals surface area (Å²) in [6.45, 7) is 0. The van der Waals surface area contributed by atoms with E-state index >= 15 is 0 Å². The Hall–Kier alpha value is -0.555. The van der Waals surface area contributed by atoms with Crippen LogP contribution in [0.4, 0.5) is 4.39 Å². The van der Waals surface area contributed by atoms with Crippen molar-refractivity contribution in [3.8, 4) is 10.4 Å². The summed E-state index contributed by atoms with van der Waals surface area (Å²) in [5, 5.41) is 22.8. The highest BCUT2D eigenvalue weighted by molar-refractivity contribution is 14.1. The average Bonchev–Trinajstić information content (AvgIpc) is 3.48. The molecule has 0 unspecified atom stereocenters. The first-order chi connectivity index (χ1) is 13.6. The van der Waals surface area contributed by atoms with Crippen molar-refractivity contribution in [3.63, 3.8) is 0 Å². The van der Waals surface area contributed by atoms with Gasteiger partial charge in [-0.15, -0.1) is 22.7 Å². The maximum Gasteiger partial charge on any atom is 0.499 e. The Kier molecular flexibility index (Phi) is 13.9. The molecule has 0 aliphatic heterocycles. The summed E-state index contributed by atoms with van der Waals surface area (Å²) < 4.78 is 14.3. The van der Waals surface area contributed by atoms with Crippen molar-refractivity contribution < 1.29 is 14.4 Å². The van der Waals surface area contributed by atoms with E-state index in [0.29, 0.717) is 4.78 Å². The van der Waals surface area contributed by atoms with Gasteiger partial charge < -0.3 is 10.0 Å². The molecule has 0 saturated heterocycles. The summed E-state index contributed by atoms with van der Waals surface area (Å²) in [5.74, 6) is -0.185. The maximum atomic E-state index is 12.5. The highest BCUT2D eigenvalue weighted by Gasteiger charge is 2.09. The molecular weight excluding hydrogens is 593 g/mol. The molecule has 3 heterocycles. The first kappa shape index (κ1) is 25.5. The molecular formula is C19H18BBrFIO2S3. The maximum absolute atomic E-state index is 12.5. The Labute approximate surface area is 199 Å². The van der Waals surface area contributed by atoms with Gasteiger partial charge in [-0.2, -0.15) is 11.3 Å². The van der Waals surface area contributed by atoms with Crippen LogP contribution in [0.25, 0.3) is 10.4 Å². The fraction of sp³-hybridized carbons (Fsp3) is 0.0526. The van der Waals surface area contributed by atoms with Crippen LogP contribution < -0.4 is 4.78 Å². The zero-order chi connectivity index (χ0) is 20.8. The molecule has 2 N–H and O–H groups in total. The summed E-state index contributed by atoms with van der Waals surface area (Å²) in [4.78, 5) is 3.15. The third kappa shape index (κ3) is 10.3. The zero-order valence-corrected chi connectivity index (χ0v) is 21.0. The summed E-state index contributed by atoms with van der Waals surface area (Å²) in [6, 6.07) is 18.0. The third-order valence-electron chi connectivity index (χ3n) is 2.93. The number of halogens is 3. The van der Waals surface area contributed by atoms with E-state index in [9.17, 15) is 4.39 Å². The van der Waals surface area contributed by atoms with E-state index in [-0.39, 0.29) is 5.82 Å². The topological polar surface area (TPSA) is 40.5 Å². The van der Waals surface area contributed by atoms with E-state index in [1.807, 2.05) is 40.0 Å². The van der Waals surface area contributed by atoms with Crippen molar-refractivity contribution in [1.82, 2.24) is 0 Å². The number of hydrogen-bond donors (Lipinski definition) is 2. The first-order valence-electron chi connectivity index (χ1n) is 7.82. The minimum Gasteiger partial charge on any atom is -0.423 e. The summed E-state index contributed by atoms with van der Waals surface area (Å²) >= 11 is 10.1. The Morgan fingerprint density at radius 3 is 1.75 bits per heavy atom. The number of thiophene rings is 3. The predicted molar refractivity (Wildman–Crippen MR) is 136 cm³/mol. The Morgan fingerprint density at radius 1 is 0.821 bits per heavy atom. The molecule has 9 heteroatoms. The van der Waals surface area contributed by atoms with Crippen molar-refractivity contribution in [2.45, 2.75) is 0 Å². The SMILES string of the molecule is Brc1cccs1.CI.Fc1ccc(-c2cccs2)cc1.OB(O)c1cccs1. The standard InChI is InChI=1S/C10H7FS.C4H5BO2S.C4H3BrS.CH3I/c11-9-5-3-8(4-6-9)10-2-1-7-12-10;6-5(7)4-2-1-3-8-4;5-4-2-1-3-6-4;1-2/h1-7H;1-3,6-7H;1-3H;1H3. The average molecular weight is 611 g/mol. The summed E-state index contributed by atoms with van der Waals surface area (Å²) in [6.07, 6.45) is 0. The molecule has 0 aliphatic carbocycles. The van der Waals surface area contributed by atoms with Crippen LogP contribution in [0, 0.1) is 5.82 Å². The number of hydrogen-bond acceptors (Lipinski definition) is 5. The summed E-state index contributed by atoms with van der Waals surface area (Å²) in [7, 11) is -1.30. The summed E-state index contributed by atoms with van der Waals surface area (Å²) in [5.41, 5.74) is 1.08. The fourth-order valence-corrected chi connectivity index (χ4v) is 4.00. The van der Waals surface area contributed by atoms with E-state index < -0.39 is 7.12 Å². The lowest BCUT2D eigenvalue weighted by atomic mass is 9.90. The van der Waals surface area contributed by atoms with Crippen LogP contribution in [0.15, 0.2) is 80.6 Å². The number of benzene rings is 1. The van der Waals surface area contributed by atoms with Crippen molar-refractivity contribution >= 4 is 84.4 Å². The normalized spacial score (nSPS) is 9.07. The molecule has 4 rings (SSSR count). The fourth-order valence-electron chi connectivity index (χ4n) is 1.75. The molecule has 2 nitrogen and oxygen atoms in total. The monoisotopic (exact) mass is 610 g/mol. The molecule has 28 heavy (non-hydrogen) atoms. The van der Waals surface area contributed by atoms with Gasteiger partial charge in [-0.05, 0) is 66.8 Å². The van der Waals surface area contributed by atoms with Crippen molar-refractivity contribution in [1.29, 1.82) is 0 Å². The minimum atomic E-state index is -1.30. The molecule has 0 saturated carbocycles. The van der Waals surface area contributed by atoms with Crippen molar-refractivity contribution in [3.05, 3.63) is 86.4 Å². The molecule has 0 amide bonds. The van der Waals surface area contributed by atoms with Gasteiger partial charge in [-0.25, -0.2) is 4.39 Å². The second-order valence-electron chi connectivity index (χ2n) is 4.79. The lowest BCUT2D eigenvalue weighted by molar-refractivity contribution is 0.427. The smallest absolute Gasteiger partial charge is 0.423 e. The number of alkyl halides is 1. The molecule has 0 radical (unpaired) electrons. The number of rotatable bonds is 2. The van der Waals surface area contributed by atoms with E-state index in [1.165, 1.54) is 32.1 Å². The van der Waals surface area contributed by atoms with Crippen molar-refractivity contribution in [2.75, 3.05) is 4.93 Å². The van der Waals surface area contributed by atoms with Gasteiger partial charge in [-0.1, -0.05) is 59.0 Å². The van der Waals surface area contributed by atoms with E-state index in [4.69, 9.17) is 10.0 Å². The predicted octanol–water partition coefficient (Wildman–Crippen LogP) is 6.54. The van der Waals surface area contributed by atoms with Gasteiger partial charge in [0.2, 0.25) is 0 Å². The van der Waals surface area contributed by atoms with Crippen LogP contribution in [-0.2, 0) is 0 Å². The Balaban J connectivity index is 0.000000213. The molecule has 3 aromatic heterocycles. The van der Waals surface area contributed by atoms with Crippen LogP contribution in [0.5, 0.6) is 0 Å². The molecule has 0 spiro atoms. The van der Waals surface area contributed by atoms with Gasteiger partial charge >= 0.3 is 7.12 Å². The minimum absolute atomic E-state index is 0.185. The van der Waals surface area contributed by atoms with Gasteiger partial charge in [0.25, 0.3) is 0 Å². The molecule has 1 aromatic carbocycles. The van der Waals surface area contributed by atoms with Gasteiger partial charge in [-0.3, -0.25) is 0 Å². The molecule has 148 valence electrons. The lowest BCUT2D eigenvalue weighted by Crippen LogP contribution is -2.26. The van der Waals surface area contributed by atoms with Gasteiger partial charge in [0.05, 0.1) is 3.79 Å². The second-order valence-corrected chi connectivity index (χ2v) is 9.04. The van der Waals surface area contributed by atoms with Crippen LogP contribution in [0.1, 0.15) is 0 Å². The van der Waals surface area contributed by atoms with Gasteiger partial charge in [0, 0.05) is 9.65 Å². The third-order valence-corrected chi connectivity index (χ3v) is 6.24. The highest BCUT2D eigenvalue weighted by Crippen LogP contribution is 2.24. The van der Waals surface area contributed by atoms with Gasteiger partial charge in [0.15, 0.2) is 0 Å². The lowest BCUT2D eigenvalue weighted by Gasteiger charge is -1.94. The Bertz CT molecular complexity index is 840. The van der Waals surface area contributed by atoms with Crippen LogP contribution in [-0.4, -0.2) is 22.1 Å². The molecule has 0 aliphatic rings. The van der Waals surface area contributed by atoms with Crippen LogP contribution in [0.2, 0.25) is 0 Å². The Morgan fingerprint density at radius 2 is 1.39 bits per heavy atom. The largest absolute Gasteiger partial charge is 0.499 e. The quantitative estimate of drug-likeness (QED) is 0.154. The molecule has 0 bridgehead atoms. The molecule has 0 fully saturated rings. The highest BCUT2D eigenvalue weighted by atomic mass is 127. The van der Waals surface area contributed by atoms with Crippen LogP contribution >= 0.6 is 72.5 Å². The molecule has 4 aromatic rings. The molecule has 0 atom stereocenters. The first-order valence-corrected chi connectivity index (χ1v) is 13.4. The van der Waals surface area contributed by atoms with Gasteiger partial charge in [0.1, 0.15) is 5.82 Å². The van der Waals surface area contributed by atoms with E-state index in [2.05, 4.69) is 38.5 Å². The van der Waals surface area contributed by atoms with Crippen LogP contribution in [0.3, 0.4) is 0 Å².